The lowest BCUT2D eigenvalue weighted by Crippen LogP contribution is -2.29. The number of carbonyl (C=O) groups is 2. The van der Waals surface area contributed by atoms with Gasteiger partial charge in [-0.25, -0.2) is 4.98 Å². The van der Waals surface area contributed by atoms with Crippen LogP contribution in [-0.4, -0.2) is 22.0 Å². The van der Waals surface area contributed by atoms with E-state index >= 15 is 0 Å². The number of halogens is 1. The molecule has 0 saturated carbocycles. The first-order valence-corrected chi connectivity index (χ1v) is 9.99. The number of hydrogen-bond acceptors (Lipinski definition) is 4. The predicted octanol–water partition coefficient (Wildman–Crippen LogP) is 5.30. The summed E-state index contributed by atoms with van der Waals surface area (Å²) < 4.78 is 0. The Morgan fingerprint density at radius 3 is 2.50 bits per heavy atom. The van der Waals surface area contributed by atoms with Crippen LogP contribution in [0.2, 0.25) is 5.02 Å². The summed E-state index contributed by atoms with van der Waals surface area (Å²) in [5, 5.41) is 14.8. The number of rotatable bonds is 7. The van der Waals surface area contributed by atoms with Gasteiger partial charge in [0, 0.05) is 16.0 Å². The largest absolute Gasteiger partial charge is 0.481 e. The molecular formula is C21H19ClN2O3S. The molecule has 3 rings (SSSR count). The van der Waals surface area contributed by atoms with Crippen molar-refractivity contribution in [2.45, 2.75) is 19.3 Å². The lowest BCUT2D eigenvalue weighted by molar-refractivity contribution is -0.140. The van der Waals surface area contributed by atoms with Gasteiger partial charge in [0.25, 0.3) is 0 Å². The zero-order chi connectivity index (χ0) is 20.1. The highest BCUT2D eigenvalue weighted by molar-refractivity contribution is 7.14. The molecule has 2 aromatic carbocycles. The van der Waals surface area contributed by atoms with Crippen molar-refractivity contribution in [1.82, 2.24) is 4.98 Å². The number of aliphatic carboxylic acids is 1. The van der Waals surface area contributed by atoms with E-state index in [-0.39, 0.29) is 18.2 Å². The second-order valence-corrected chi connectivity index (χ2v) is 7.68. The molecular weight excluding hydrogens is 396 g/mol. The molecule has 1 aromatic heterocycles. The van der Waals surface area contributed by atoms with Gasteiger partial charge in [0.05, 0.1) is 18.0 Å². The minimum atomic E-state index is -1.01. The van der Waals surface area contributed by atoms with Gasteiger partial charge in [0.15, 0.2) is 5.13 Å². The van der Waals surface area contributed by atoms with Gasteiger partial charge in [-0.1, -0.05) is 67.1 Å². The molecule has 2 atom stereocenters. The Kier molecular flexibility index (Phi) is 6.44. The van der Waals surface area contributed by atoms with E-state index in [0.717, 1.165) is 11.1 Å². The molecule has 144 valence electrons. The number of carboxylic acids is 1. The van der Waals surface area contributed by atoms with Crippen molar-refractivity contribution >= 4 is 39.9 Å². The molecule has 3 aromatic rings. The van der Waals surface area contributed by atoms with Gasteiger partial charge in [-0.2, -0.15) is 0 Å². The molecule has 7 heteroatoms. The summed E-state index contributed by atoms with van der Waals surface area (Å²) in [6, 6.07) is 16.8. The summed E-state index contributed by atoms with van der Waals surface area (Å²) in [5.41, 5.74) is 2.36. The fraction of sp³-hybridized carbons (Fsp3) is 0.190. The Morgan fingerprint density at radius 1 is 1.14 bits per heavy atom. The van der Waals surface area contributed by atoms with Crippen LogP contribution in [-0.2, 0) is 9.59 Å². The quantitative estimate of drug-likeness (QED) is 0.550. The highest BCUT2D eigenvalue weighted by Crippen LogP contribution is 2.32. The monoisotopic (exact) mass is 414 g/mol. The van der Waals surface area contributed by atoms with Crippen molar-refractivity contribution in [3.63, 3.8) is 0 Å². The zero-order valence-corrected chi connectivity index (χ0v) is 16.7. The van der Waals surface area contributed by atoms with Crippen molar-refractivity contribution in [2.24, 2.45) is 5.92 Å². The van der Waals surface area contributed by atoms with Gasteiger partial charge in [-0.3, -0.25) is 9.59 Å². The SMILES string of the molecule is CC(c1ccccc1)[C@@H](CC(=O)O)C(=O)Nc1nc(-c2ccccc2Cl)cs1. The van der Waals surface area contributed by atoms with Gasteiger partial charge >= 0.3 is 5.97 Å². The second-order valence-electron chi connectivity index (χ2n) is 6.41. The number of amides is 1. The highest BCUT2D eigenvalue weighted by Gasteiger charge is 2.29. The highest BCUT2D eigenvalue weighted by atomic mass is 35.5. The Morgan fingerprint density at radius 2 is 1.82 bits per heavy atom. The number of aromatic nitrogens is 1. The summed E-state index contributed by atoms with van der Waals surface area (Å²) in [6.45, 7) is 1.86. The van der Waals surface area contributed by atoms with Crippen LogP contribution in [0.1, 0.15) is 24.8 Å². The van der Waals surface area contributed by atoms with E-state index in [0.29, 0.717) is 15.8 Å². The molecule has 0 bridgehead atoms. The van der Waals surface area contributed by atoms with E-state index in [1.165, 1.54) is 11.3 Å². The molecule has 2 N–H and O–H groups in total. The molecule has 0 aliphatic rings. The smallest absolute Gasteiger partial charge is 0.304 e. The maximum absolute atomic E-state index is 12.8. The van der Waals surface area contributed by atoms with Crippen LogP contribution in [0.4, 0.5) is 5.13 Å². The van der Waals surface area contributed by atoms with Crippen molar-refractivity contribution in [3.8, 4) is 11.3 Å². The number of carbonyl (C=O) groups excluding carboxylic acids is 1. The third kappa shape index (κ3) is 4.77. The van der Waals surface area contributed by atoms with E-state index in [1.54, 1.807) is 6.07 Å². The molecule has 0 aliphatic heterocycles. The third-order valence-corrected chi connectivity index (χ3v) is 5.63. The molecule has 28 heavy (non-hydrogen) atoms. The zero-order valence-electron chi connectivity index (χ0n) is 15.1. The fourth-order valence-electron chi connectivity index (χ4n) is 3.00. The number of anilines is 1. The van der Waals surface area contributed by atoms with E-state index in [4.69, 9.17) is 11.6 Å². The summed E-state index contributed by atoms with van der Waals surface area (Å²) >= 11 is 7.48. The summed E-state index contributed by atoms with van der Waals surface area (Å²) in [5.74, 6) is -2.34. The number of carboxylic acid groups (broad SMARTS) is 1. The summed E-state index contributed by atoms with van der Waals surface area (Å²) in [4.78, 5) is 28.6. The molecule has 1 heterocycles. The molecule has 1 unspecified atom stereocenters. The molecule has 0 fully saturated rings. The maximum Gasteiger partial charge on any atom is 0.304 e. The Labute approximate surface area is 172 Å². The lowest BCUT2D eigenvalue weighted by Gasteiger charge is -2.21. The van der Waals surface area contributed by atoms with E-state index in [2.05, 4.69) is 10.3 Å². The standard InChI is InChI=1S/C21H19ClN2O3S/c1-13(14-7-3-2-4-8-14)16(11-19(25)26)20(27)24-21-23-18(12-28-21)15-9-5-6-10-17(15)22/h2-10,12-13,16H,11H2,1H3,(H,25,26)(H,23,24,27)/t13?,16-/m1/s1. The van der Waals surface area contributed by atoms with Crippen LogP contribution in [0, 0.1) is 5.92 Å². The number of benzene rings is 2. The first kappa shape index (κ1) is 20.0. The van der Waals surface area contributed by atoms with Crippen molar-refractivity contribution in [1.29, 1.82) is 0 Å². The lowest BCUT2D eigenvalue weighted by atomic mass is 9.84. The van der Waals surface area contributed by atoms with Gasteiger partial charge in [0.1, 0.15) is 0 Å². The number of nitrogens with one attached hydrogen (secondary N) is 1. The summed E-state index contributed by atoms with van der Waals surface area (Å²) in [7, 11) is 0. The van der Waals surface area contributed by atoms with Crippen molar-refractivity contribution < 1.29 is 14.7 Å². The fourth-order valence-corrected chi connectivity index (χ4v) is 3.94. The predicted molar refractivity (Wildman–Crippen MR) is 112 cm³/mol. The first-order chi connectivity index (χ1) is 13.5. The molecule has 0 spiro atoms. The average molecular weight is 415 g/mol. The van der Waals surface area contributed by atoms with Crippen LogP contribution in [0.25, 0.3) is 11.3 Å². The number of nitrogens with zero attached hydrogens (tertiary/aromatic N) is 1. The molecule has 5 nitrogen and oxygen atoms in total. The second kappa shape index (κ2) is 8.99. The van der Waals surface area contributed by atoms with Crippen LogP contribution < -0.4 is 5.32 Å². The molecule has 0 saturated heterocycles. The minimum absolute atomic E-state index is 0.250. The number of thiazole rings is 1. The van der Waals surface area contributed by atoms with Crippen molar-refractivity contribution in [2.75, 3.05) is 5.32 Å². The van der Waals surface area contributed by atoms with Crippen molar-refractivity contribution in [3.05, 3.63) is 70.6 Å². The number of hydrogen-bond donors (Lipinski definition) is 2. The van der Waals surface area contributed by atoms with Gasteiger partial charge in [-0.05, 0) is 17.5 Å². The Balaban J connectivity index is 1.79. The van der Waals surface area contributed by atoms with Gasteiger partial charge in [0.2, 0.25) is 5.91 Å². The van der Waals surface area contributed by atoms with Gasteiger partial charge in [-0.15, -0.1) is 11.3 Å². The summed E-state index contributed by atoms with van der Waals surface area (Å²) in [6.07, 6.45) is -0.259. The van der Waals surface area contributed by atoms with E-state index in [1.807, 2.05) is 60.8 Å². The Hall–Kier alpha value is -2.70. The minimum Gasteiger partial charge on any atom is -0.481 e. The third-order valence-electron chi connectivity index (χ3n) is 4.54. The molecule has 0 radical (unpaired) electrons. The van der Waals surface area contributed by atoms with Crippen LogP contribution in [0.3, 0.4) is 0 Å². The average Bonchev–Trinajstić information content (AvgIpc) is 3.14. The van der Waals surface area contributed by atoms with E-state index in [9.17, 15) is 14.7 Å². The van der Waals surface area contributed by atoms with Crippen LogP contribution in [0.15, 0.2) is 60.0 Å². The maximum atomic E-state index is 12.8. The molecule has 0 aliphatic carbocycles. The van der Waals surface area contributed by atoms with Gasteiger partial charge < -0.3 is 10.4 Å². The normalized spacial score (nSPS) is 12.9. The van der Waals surface area contributed by atoms with Crippen LogP contribution in [0.5, 0.6) is 0 Å². The van der Waals surface area contributed by atoms with Crippen LogP contribution >= 0.6 is 22.9 Å². The Bertz CT molecular complexity index is 975. The topological polar surface area (TPSA) is 79.3 Å². The first-order valence-electron chi connectivity index (χ1n) is 8.73. The van der Waals surface area contributed by atoms with E-state index < -0.39 is 11.9 Å². The molecule has 1 amide bonds.